The van der Waals surface area contributed by atoms with Crippen molar-refractivity contribution in [1.82, 2.24) is 10.3 Å². The standard InChI is InChI=1S/C25H22F3N5O2S/c26-25(27,28)19-10-17(13-31-20(19)11-29)32-22(34)24(6-1-7-24)33(23(32)36)16-2-4-18(5-3-16)35-21-9-15-8-14(21)12-30-15/h2-5,10,13-15,21,30H,1,6-9,12H2/t14-,15+,21?/m0/s1. The van der Waals surface area contributed by atoms with Gasteiger partial charge in [0.15, 0.2) is 10.8 Å². The zero-order valence-electron chi connectivity index (χ0n) is 19.1. The third-order valence-electron chi connectivity index (χ3n) is 7.82. The Kier molecular flexibility index (Phi) is 5.25. The molecule has 3 heterocycles. The quantitative estimate of drug-likeness (QED) is 0.615. The number of amides is 1. The number of thiocarbonyl (C=S) groups is 1. The molecule has 3 atom stereocenters. The van der Waals surface area contributed by atoms with Crippen molar-refractivity contribution in [3.63, 3.8) is 0 Å². The third kappa shape index (κ3) is 3.46. The smallest absolute Gasteiger partial charge is 0.419 e. The van der Waals surface area contributed by atoms with E-state index in [9.17, 15) is 18.0 Å². The van der Waals surface area contributed by atoms with Crippen LogP contribution in [0.2, 0.25) is 0 Å². The van der Waals surface area contributed by atoms with Gasteiger partial charge in [-0.1, -0.05) is 0 Å². The summed E-state index contributed by atoms with van der Waals surface area (Å²) in [6.07, 6.45) is 0.461. The second kappa shape index (κ2) is 8.15. The van der Waals surface area contributed by atoms with Crippen molar-refractivity contribution in [1.29, 1.82) is 5.26 Å². The van der Waals surface area contributed by atoms with E-state index in [1.807, 2.05) is 24.3 Å². The van der Waals surface area contributed by atoms with E-state index in [1.165, 1.54) is 6.07 Å². The van der Waals surface area contributed by atoms with Crippen LogP contribution in [-0.4, -0.2) is 40.2 Å². The Bertz CT molecular complexity index is 1290. The molecule has 1 aromatic carbocycles. The van der Waals surface area contributed by atoms with Crippen LogP contribution in [0.15, 0.2) is 36.5 Å². The van der Waals surface area contributed by atoms with E-state index in [4.69, 9.17) is 22.2 Å². The number of nitriles is 1. The summed E-state index contributed by atoms with van der Waals surface area (Å²) in [6.45, 7) is 0.968. The number of fused-ring (bicyclic) bond motifs is 2. The van der Waals surface area contributed by atoms with Gasteiger partial charge in [-0.15, -0.1) is 0 Å². The van der Waals surface area contributed by atoms with Crippen LogP contribution in [0.1, 0.15) is 43.4 Å². The van der Waals surface area contributed by atoms with Crippen LogP contribution < -0.4 is 19.9 Å². The largest absolute Gasteiger partial charge is 0.490 e. The molecule has 4 aliphatic rings. The number of rotatable bonds is 4. The normalized spacial score (nSPS) is 26.4. The van der Waals surface area contributed by atoms with E-state index in [0.717, 1.165) is 48.7 Å². The van der Waals surface area contributed by atoms with Crippen molar-refractivity contribution < 1.29 is 22.7 Å². The molecule has 2 saturated heterocycles. The second-order valence-corrected chi connectivity index (χ2v) is 10.2. The van der Waals surface area contributed by atoms with Gasteiger partial charge in [0.05, 0.1) is 17.4 Å². The number of alkyl halides is 3. The first kappa shape index (κ1) is 23.2. The highest BCUT2D eigenvalue weighted by atomic mass is 32.1. The molecule has 1 N–H and O–H groups in total. The summed E-state index contributed by atoms with van der Waals surface area (Å²) >= 11 is 5.65. The molecule has 1 aromatic heterocycles. The lowest BCUT2D eigenvalue weighted by Crippen LogP contribution is -2.55. The minimum Gasteiger partial charge on any atom is -0.490 e. The van der Waals surface area contributed by atoms with Crippen molar-refractivity contribution >= 4 is 34.6 Å². The molecule has 2 saturated carbocycles. The van der Waals surface area contributed by atoms with E-state index >= 15 is 0 Å². The predicted molar refractivity (Wildman–Crippen MR) is 128 cm³/mol. The zero-order chi connectivity index (χ0) is 25.2. The van der Waals surface area contributed by atoms with Gasteiger partial charge in [-0.05, 0) is 74.7 Å². The SMILES string of the molecule is N#Cc1ncc(N2C(=O)C3(CCC3)N(c3ccc(OC4C[C@H]5C[C@H]4CN5)cc3)C2=S)cc1C(F)(F)F. The highest BCUT2D eigenvalue weighted by Crippen LogP contribution is 2.48. The molecule has 2 aromatic rings. The lowest BCUT2D eigenvalue weighted by molar-refractivity contribution is -0.138. The Morgan fingerprint density at radius 3 is 2.50 bits per heavy atom. The van der Waals surface area contributed by atoms with Crippen LogP contribution in [0.4, 0.5) is 24.5 Å². The van der Waals surface area contributed by atoms with Crippen molar-refractivity contribution in [2.24, 2.45) is 5.92 Å². The molecule has 2 aliphatic carbocycles. The summed E-state index contributed by atoms with van der Waals surface area (Å²) in [5.74, 6) is 0.861. The Balaban J connectivity index is 1.30. The number of hydrogen-bond donors (Lipinski definition) is 1. The molecule has 186 valence electrons. The topological polar surface area (TPSA) is 81.5 Å². The molecule has 7 nitrogen and oxygen atoms in total. The fourth-order valence-corrected chi connectivity index (χ4v) is 6.34. The van der Waals surface area contributed by atoms with E-state index in [2.05, 4.69) is 10.3 Å². The maximum Gasteiger partial charge on any atom is 0.419 e. The van der Waals surface area contributed by atoms with E-state index < -0.39 is 23.0 Å². The average molecular weight is 514 g/mol. The lowest BCUT2D eigenvalue weighted by atomic mass is 9.75. The molecule has 36 heavy (non-hydrogen) atoms. The number of halogens is 3. The molecule has 11 heteroatoms. The third-order valence-corrected chi connectivity index (χ3v) is 8.18. The number of pyridine rings is 1. The van der Waals surface area contributed by atoms with Crippen LogP contribution in [0, 0.1) is 17.2 Å². The summed E-state index contributed by atoms with van der Waals surface area (Å²) in [5.41, 5.74) is -2.32. The zero-order valence-corrected chi connectivity index (χ0v) is 19.9. The number of ether oxygens (including phenoxy) is 1. The first-order chi connectivity index (χ1) is 17.2. The number of benzene rings is 1. The van der Waals surface area contributed by atoms with Gasteiger partial charge in [-0.2, -0.15) is 18.4 Å². The second-order valence-electron chi connectivity index (χ2n) is 9.83. The molecular weight excluding hydrogens is 491 g/mol. The first-order valence-electron chi connectivity index (χ1n) is 11.9. The van der Waals surface area contributed by atoms with Crippen molar-refractivity contribution in [2.45, 2.75) is 56.0 Å². The molecule has 1 spiro atoms. The Morgan fingerprint density at radius 1 is 1.19 bits per heavy atom. The summed E-state index contributed by atoms with van der Waals surface area (Å²) in [6, 6.07) is 10.1. The number of nitrogens with zero attached hydrogens (tertiary/aromatic N) is 4. The van der Waals surface area contributed by atoms with E-state index in [-0.39, 0.29) is 22.8 Å². The minimum absolute atomic E-state index is 0.0900. The summed E-state index contributed by atoms with van der Waals surface area (Å²) in [5, 5.41) is 12.6. The van der Waals surface area contributed by atoms with Gasteiger partial charge < -0.3 is 15.0 Å². The lowest BCUT2D eigenvalue weighted by Gasteiger charge is -2.43. The van der Waals surface area contributed by atoms with Crippen LogP contribution >= 0.6 is 12.2 Å². The molecule has 2 aliphatic heterocycles. The highest BCUT2D eigenvalue weighted by molar-refractivity contribution is 7.81. The molecular formula is C25H22F3N5O2S. The first-order valence-corrected chi connectivity index (χ1v) is 12.3. The fraction of sp³-hybridized carbons (Fsp3) is 0.440. The van der Waals surface area contributed by atoms with E-state index in [0.29, 0.717) is 30.5 Å². The highest BCUT2D eigenvalue weighted by Gasteiger charge is 2.59. The molecule has 2 bridgehead atoms. The minimum atomic E-state index is -4.79. The summed E-state index contributed by atoms with van der Waals surface area (Å²) in [4.78, 5) is 20.1. The fourth-order valence-electron chi connectivity index (χ4n) is 5.87. The molecule has 6 rings (SSSR count). The molecule has 0 radical (unpaired) electrons. The Hall–Kier alpha value is -3.23. The predicted octanol–water partition coefficient (Wildman–Crippen LogP) is 4.16. The van der Waals surface area contributed by atoms with Crippen LogP contribution in [0.5, 0.6) is 5.75 Å². The summed E-state index contributed by atoms with van der Waals surface area (Å²) < 4.78 is 46.9. The maximum absolute atomic E-state index is 13.6. The summed E-state index contributed by atoms with van der Waals surface area (Å²) in [7, 11) is 0. The number of piperidine rings is 1. The monoisotopic (exact) mass is 513 g/mol. The number of carbonyl (C=O) groups excluding carboxylic acids is 1. The van der Waals surface area contributed by atoms with Crippen LogP contribution in [-0.2, 0) is 11.0 Å². The number of nitrogens with one attached hydrogen (secondary N) is 1. The van der Waals surface area contributed by atoms with Gasteiger partial charge in [0, 0.05) is 24.2 Å². The number of anilines is 2. The number of carbonyl (C=O) groups is 1. The molecule has 1 unspecified atom stereocenters. The molecule has 4 fully saturated rings. The van der Waals surface area contributed by atoms with Crippen molar-refractivity contribution in [3.8, 4) is 11.8 Å². The van der Waals surface area contributed by atoms with Gasteiger partial charge in [0.25, 0.3) is 5.91 Å². The maximum atomic E-state index is 13.6. The van der Waals surface area contributed by atoms with Crippen molar-refractivity contribution in [3.05, 3.63) is 47.8 Å². The molecule has 1 amide bonds. The van der Waals surface area contributed by atoms with Gasteiger partial charge in [0.2, 0.25) is 0 Å². The van der Waals surface area contributed by atoms with Gasteiger partial charge >= 0.3 is 6.18 Å². The van der Waals surface area contributed by atoms with E-state index in [1.54, 1.807) is 4.90 Å². The Morgan fingerprint density at radius 2 is 1.94 bits per heavy atom. The Labute approximate surface area is 210 Å². The average Bonchev–Trinajstić information content (AvgIpc) is 3.50. The van der Waals surface area contributed by atoms with Crippen LogP contribution in [0.3, 0.4) is 0 Å². The van der Waals surface area contributed by atoms with Crippen LogP contribution in [0.25, 0.3) is 0 Å². The van der Waals surface area contributed by atoms with Gasteiger partial charge in [-0.3, -0.25) is 9.69 Å². The van der Waals surface area contributed by atoms with Crippen molar-refractivity contribution in [2.75, 3.05) is 16.3 Å². The van der Waals surface area contributed by atoms with Gasteiger partial charge in [0.1, 0.15) is 23.5 Å². The number of hydrogen-bond acceptors (Lipinski definition) is 6. The number of aromatic nitrogens is 1. The van der Waals surface area contributed by atoms with Gasteiger partial charge in [-0.25, -0.2) is 4.98 Å².